The Morgan fingerprint density at radius 3 is 2.50 bits per heavy atom. The summed E-state index contributed by atoms with van der Waals surface area (Å²) in [5.74, 6) is 0.972. The number of benzene rings is 2. The van der Waals surface area contributed by atoms with Crippen molar-refractivity contribution in [2.75, 3.05) is 19.5 Å². The molecule has 1 N–H and O–H groups in total. The van der Waals surface area contributed by atoms with E-state index in [1.807, 2.05) is 31.2 Å². The Morgan fingerprint density at radius 2 is 1.82 bits per heavy atom. The van der Waals surface area contributed by atoms with Crippen LogP contribution in [0.3, 0.4) is 0 Å². The average Bonchev–Trinajstić information content (AvgIpc) is 3.16. The predicted molar refractivity (Wildman–Crippen MR) is 107 cm³/mol. The predicted octanol–water partition coefficient (Wildman–Crippen LogP) is 3.11. The lowest BCUT2D eigenvalue weighted by Gasteiger charge is -2.13. The first-order valence-corrected chi connectivity index (χ1v) is 9.44. The van der Waals surface area contributed by atoms with E-state index < -0.39 is 5.25 Å². The van der Waals surface area contributed by atoms with E-state index in [0.29, 0.717) is 22.3 Å². The number of aryl methyl sites for hydroxylation is 1. The van der Waals surface area contributed by atoms with Gasteiger partial charge in [0.05, 0.1) is 25.2 Å². The van der Waals surface area contributed by atoms with E-state index in [1.165, 1.54) is 11.8 Å². The first-order valence-electron chi connectivity index (χ1n) is 8.56. The number of ether oxygens (including phenoxy) is 2. The SMILES string of the molecule is COc1ccc(NC(=O)[C@H](C)Sc2nnnn2-c2ccc(C)cc2)cc1OC. The van der Waals surface area contributed by atoms with Crippen LogP contribution < -0.4 is 14.8 Å². The molecule has 1 aromatic heterocycles. The molecule has 0 aliphatic heterocycles. The maximum atomic E-state index is 12.6. The lowest BCUT2D eigenvalue weighted by atomic mass is 10.2. The van der Waals surface area contributed by atoms with Crippen molar-refractivity contribution in [2.24, 2.45) is 0 Å². The molecule has 3 aromatic rings. The first-order chi connectivity index (χ1) is 13.5. The Balaban J connectivity index is 1.70. The van der Waals surface area contributed by atoms with E-state index in [9.17, 15) is 4.79 Å². The standard InChI is InChI=1S/C19H21N5O3S/c1-12-5-8-15(9-6-12)24-19(21-22-23-24)28-13(2)18(25)20-14-7-10-16(26-3)17(11-14)27-4/h5-11,13H,1-4H3,(H,20,25)/t13-/m0/s1. The number of carbonyl (C=O) groups excluding carboxylic acids is 1. The zero-order valence-electron chi connectivity index (χ0n) is 16.0. The van der Waals surface area contributed by atoms with Crippen molar-refractivity contribution in [3.8, 4) is 17.2 Å². The highest BCUT2D eigenvalue weighted by molar-refractivity contribution is 8.00. The van der Waals surface area contributed by atoms with Crippen molar-refractivity contribution in [1.29, 1.82) is 0 Å². The summed E-state index contributed by atoms with van der Waals surface area (Å²) < 4.78 is 12.1. The van der Waals surface area contributed by atoms with Crippen molar-refractivity contribution in [2.45, 2.75) is 24.3 Å². The van der Waals surface area contributed by atoms with Gasteiger partial charge in [-0.2, -0.15) is 4.68 Å². The van der Waals surface area contributed by atoms with Crippen LogP contribution in [-0.4, -0.2) is 45.6 Å². The second-order valence-corrected chi connectivity index (χ2v) is 7.34. The summed E-state index contributed by atoms with van der Waals surface area (Å²) in [6, 6.07) is 13.0. The van der Waals surface area contributed by atoms with Crippen molar-refractivity contribution >= 4 is 23.4 Å². The lowest BCUT2D eigenvalue weighted by molar-refractivity contribution is -0.115. The number of hydrogen-bond acceptors (Lipinski definition) is 7. The fraction of sp³-hybridized carbons (Fsp3) is 0.263. The number of anilines is 1. The van der Waals surface area contributed by atoms with E-state index in [2.05, 4.69) is 20.8 Å². The number of aromatic nitrogens is 4. The summed E-state index contributed by atoms with van der Waals surface area (Å²) >= 11 is 1.28. The fourth-order valence-electron chi connectivity index (χ4n) is 2.47. The van der Waals surface area contributed by atoms with Gasteiger partial charge >= 0.3 is 0 Å². The maximum absolute atomic E-state index is 12.6. The van der Waals surface area contributed by atoms with Crippen LogP contribution in [0.15, 0.2) is 47.6 Å². The number of tetrazole rings is 1. The molecule has 0 spiro atoms. The molecule has 0 saturated heterocycles. The van der Waals surface area contributed by atoms with Gasteiger partial charge in [-0.3, -0.25) is 4.79 Å². The molecule has 0 aliphatic carbocycles. The van der Waals surface area contributed by atoms with Gasteiger partial charge in [0.25, 0.3) is 0 Å². The molecule has 0 fully saturated rings. The molecule has 146 valence electrons. The molecular weight excluding hydrogens is 378 g/mol. The van der Waals surface area contributed by atoms with Gasteiger partial charge in [-0.05, 0) is 48.5 Å². The van der Waals surface area contributed by atoms with Crippen LogP contribution >= 0.6 is 11.8 Å². The van der Waals surface area contributed by atoms with Crippen LogP contribution in [0.25, 0.3) is 5.69 Å². The first kappa shape index (κ1) is 19.7. The molecule has 1 amide bonds. The number of amides is 1. The number of rotatable bonds is 7. The van der Waals surface area contributed by atoms with E-state index in [4.69, 9.17) is 9.47 Å². The molecule has 0 aliphatic rings. The Labute approximate surface area is 167 Å². The average molecular weight is 399 g/mol. The summed E-state index contributed by atoms with van der Waals surface area (Å²) in [6.45, 7) is 3.81. The normalized spacial score (nSPS) is 11.7. The number of nitrogens with zero attached hydrogens (tertiary/aromatic N) is 4. The molecule has 0 bridgehead atoms. The zero-order valence-corrected chi connectivity index (χ0v) is 16.9. The molecule has 0 radical (unpaired) electrons. The molecule has 1 atom stereocenters. The Hall–Kier alpha value is -3.07. The van der Waals surface area contributed by atoms with Gasteiger partial charge in [0, 0.05) is 11.8 Å². The molecule has 1 heterocycles. The number of nitrogens with one attached hydrogen (secondary N) is 1. The Morgan fingerprint density at radius 1 is 1.11 bits per heavy atom. The maximum Gasteiger partial charge on any atom is 0.237 e. The van der Waals surface area contributed by atoms with E-state index in [1.54, 1.807) is 44.0 Å². The number of methoxy groups -OCH3 is 2. The third-order valence-corrected chi connectivity index (χ3v) is 5.05. The summed E-state index contributed by atoms with van der Waals surface area (Å²) in [6.07, 6.45) is 0. The fourth-order valence-corrected chi connectivity index (χ4v) is 3.28. The van der Waals surface area contributed by atoms with Crippen molar-refractivity contribution in [3.63, 3.8) is 0 Å². The minimum absolute atomic E-state index is 0.171. The summed E-state index contributed by atoms with van der Waals surface area (Å²) in [5, 5.41) is 14.8. The third-order valence-electron chi connectivity index (χ3n) is 4.02. The van der Waals surface area contributed by atoms with Crippen LogP contribution in [0.2, 0.25) is 0 Å². The molecule has 2 aromatic carbocycles. The van der Waals surface area contributed by atoms with E-state index in [-0.39, 0.29) is 5.91 Å². The van der Waals surface area contributed by atoms with Crippen LogP contribution in [-0.2, 0) is 4.79 Å². The quantitative estimate of drug-likeness (QED) is 0.610. The third kappa shape index (κ3) is 4.42. The molecule has 0 unspecified atom stereocenters. The van der Waals surface area contributed by atoms with Gasteiger partial charge in [-0.25, -0.2) is 0 Å². The summed E-state index contributed by atoms with van der Waals surface area (Å²) in [7, 11) is 3.11. The van der Waals surface area contributed by atoms with Gasteiger partial charge in [0.2, 0.25) is 11.1 Å². The molecule has 28 heavy (non-hydrogen) atoms. The number of thioether (sulfide) groups is 1. The van der Waals surface area contributed by atoms with E-state index in [0.717, 1.165) is 11.3 Å². The lowest BCUT2D eigenvalue weighted by Crippen LogP contribution is -2.23. The second kappa shape index (κ2) is 8.75. The van der Waals surface area contributed by atoms with Gasteiger partial charge in [0.1, 0.15) is 0 Å². The van der Waals surface area contributed by atoms with Crippen molar-refractivity contribution < 1.29 is 14.3 Å². The highest BCUT2D eigenvalue weighted by atomic mass is 32.2. The summed E-state index contributed by atoms with van der Waals surface area (Å²) in [5.41, 5.74) is 2.60. The van der Waals surface area contributed by atoms with Gasteiger partial charge in [-0.15, -0.1) is 5.10 Å². The Kier molecular flexibility index (Phi) is 6.15. The van der Waals surface area contributed by atoms with Gasteiger partial charge < -0.3 is 14.8 Å². The largest absolute Gasteiger partial charge is 0.493 e. The minimum Gasteiger partial charge on any atom is -0.493 e. The van der Waals surface area contributed by atoms with Crippen LogP contribution in [0, 0.1) is 6.92 Å². The molecule has 3 rings (SSSR count). The van der Waals surface area contributed by atoms with Gasteiger partial charge in [0.15, 0.2) is 11.5 Å². The van der Waals surface area contributed by atoms with Crippen molar-refractivity contribution in [3.05, 3.63) is 48.0 Å². The van der Waals surface area contributed by atoms with Crippen LogP contribution in [0.1, 0.15) is 12.5 Å². The number of carbonyl (C=O) groups is 1. The topological polar surface area (TPSA) is 91.2 Å². The molecular formula is C19H21N5O3S. The second-order valence-electron chi connectivity index (χ2n) is 6.03. The van der Waals surface area contributed by atoms with Crippen LogP contribution in [0.5, 0.6) is 11.5 Å². The highest BCUT2D eigenvalue weighted by Gasteiger charge is 2.20. The monoisotopic (exact) mass is 399 g/mol. The molecule has 8 nitrogen and oxygen atoms in total. The summed E-state index contributed by atoms with van der Waals surface area (Å²) in [4.78, 5) is 12.6. The van der Waals surface area contributed by atoms with Crippen LogP contribution in [0.4, 0.5) is 5.69 Å². The molecule has 9 heteroatoms. The highest BCUT2D eigenvalue weighted by Crippen LogP contribution is 2.30. The van der Waals surface area contributed by atoms with E-state index >= 15 is 0 Å². The molecule has 0 saturated carbocycles. The smallest absolute Gasteiger partial charge is 0.237 e. The van der Waals surface area contributed by atoms with Crippen molar-refractivity contribution in [1.82, 2.24) is 20.2 Å². The zero-order chi connectivity index (χ0) is 20.1. The Bertz CT molecular complexity index is 958. The number of hydrogen-bond donors (Lipinski definition) is 1. The van der Waals surface area contributed by atoms with Gasteiger partial charge in [-0.1, -0.05) is 29.5 Å². The minimum atomic E-state index is -0.414.